The van der Waals surface area contributed by atoms with E-state index < -0.39 is 0 Å². The average Bonchev–Trinajstić information content (AvgIpc) is 2.69. The van der Waals surface area contributed by atoms with Crippen LogP contribution in [0.4, 0.5) is 0 Å². The minimum atomic E-state index is -0.174. The first kappa shape index (κ1) is 12.6. The highest BCUT2D eigenvalue weighted by atomic mass is 35.5. The van der Waals surface area contributed by atoms with Crippen molar-refractivity contribution in [3.05, 3.63) is 51.8 Å². The van der Waals surface area contributed by atoms with E-state index >= 15 is 0 Å². The summed E-state index contributed by atoms with van der Waals surface area (Å²) in [6, 6.07) is 7.36. The maximum atomic E-state index is 11.9. The van der Waals surface area contributed by atoms with Gasteiger partial charge in [-0.15, -0.1) is 0 Å². The van der Waals surface area contributed by atoms with Gasteiger partial charge in [0.25, 0.3) is 5.91 Å². The zero-order valence-corrected chi connectivity index (χ0v) is 11.0. The fourth-order valence-corrected chi connectivity index (χ4v) is 1.70. The van der Waals surface area contributed by atoms with Gasteiger partial charge in [0.05, 0.1) is 0 Å². The van der Waals surface area contributed by atoms with E-state index in [4.69, 9.17) is 11.6 Å². The van der Waals surface area contributed by atoms with E-state index in [1.807, 2.05) is 26.0 Å². The van der Waals surface area contributed by atoms with Gasteiger partial charge in [0.2, 0.25) is 0 Å². The molecule has 0 aliphatic carbocycles. The van der Waals surface area contributed by atoms with Crippen molar-refractivity contribution in [2.75, 3.05) is 0 Å². The summed E-state index contributed by atoms with van der Waals surface area (Å²) in [6.07, 6.45) is 0. The van der Waals surface area contributed by atoms with Gasteiger partial charge in [0.15, 0.2) is 5.69 Å². The minimum Gasteiger partial charge on any atom is -0.347 e. The quantitative estimate of drug-likeness (QED) is 0.894. The fraction of sp³-hybridized carbons (Fsp3) is 0.231. The number of aromatic nitrogens is 2. The number of nitrogens with zero attached hydrogens (tertiary/aromatic N) is 1. The van der Waals surface area contributed by atoms with Crippen molar-refractivity contribution < 1.29 is 4.79 Å². The minimum absolute atomic E-state index is 0.174. The monoisotopic (exact) mass is 263 g/mol. The van der Waals surface area contributed by atoms with Crippen LogP contribution in [0.3, 0.4) is 0 Å². The van der Waals surface area contributed by atoms with Crippen LogP contribution in [0.1, 0.15) is 27.3 Å². The van der Waals surface area contributed by atoms with Crippen molar-refractivity contribution >= 4 is 17.5 Å². The molecule has 0 aliphatic rings. The summed E-state index contributed by atoms with van der Waals surface area (Å²) in [6.45, 7) is 4.22. The van der Waals surface area contributed by atoms with Crippen LogP contribution in [0.2, 0.25) is 5.02 Å². The van der Waals surface area contributed by atoms with Crippen LogP contribution in [-0.4, -0.2) is 16.1 Å². The van der Waals surface area contributed by atoms with Crippen LogP contribution in [0.25, 0.3) is 0 Å². The van der Waals surface area contributed by atoms with Gasteiger partial charge >= 0.3 is 0 Å². The standard InChI is InChI=1S/C13H14ClN3O/c1-8-9(2)16-17-12(8)13(18)15-7-10-3-5-11(14)6-4-10/h3-6H,7H2,1-2H3,(H,15,18)(H,16,17). The molecule has 0 saturated carbocycles. The van der Waals surface area contributed by atoms with Crippen LogP contribution in [0, 0.1) is 13.8 Å². The zero-order chi connectivity index (χ0) is 13.1. The first-order chi connectivity index (χ1) is 8.58. The Labute approximate surface area is 110 Å². The zero-order valence-electron chi connectivity index (χ0n) is 10.2. The highest BCUT2D eigenvalue weighted by molar-refractivity contribution is 6.30. The Morgan fingerprint density at radius 2 is 2.00 bits per heavy atom. The van der Waals surface area contributed by atoms with Crippen LogP contribution < -0.4 is 5.32 Å². The van der Waals surface area contributed by atoms with E-state index in [2.05, 4.69) is 15.5 Å². The highest BCUT2D eigenvalue weighted by Gasteiger charge is 2.13. The number of amides is 1. The van der Waals surface area contributed by atoms with Gasteiger partial charge in [0.1, 0.15) is 0 Å². The molecule has 1 heterocycles. The van der Waals surface area contributed by atoms with Gasteiger partial charge in [-0.2, -0.15) is 5.10 Å². The molecule has 18 heavy (non-hydrogen) atoms. The predicted octanol–water partition coefficient (Wildman–Crippen LogP) is 2.61. The Kier molecular flexibility index (Phi) is 3.67. The van der Waals surface area contributed by atoms with E-state index in [0.29, 0.717) is 17.3 Å². The van der Waals surface area contributed by atoms with Crippen LogP contribution >= 0.6 is 11.6 Å². The van der Waals surface area contributed by atoms with Crippen molar-refractivity contribution in [3.8, 4) is 0 Å². The van der Waals surface area contributed by atoms with Gasteiger partial charge in [-0.25, -0.2) is 0 Å². The first-order valence-corrected chi connectivity index (χ1v) is 6.00. The average molecular weight is 264 g/mol. The van der Waals surface area contributed by atoms with E-state index in [1.54, 1.807) is 12.1 Å². The maximum Gasteiger partial charge on any atom is 0.272 e. The lowest BCUT2D eigenvalue weighted by molar-refractivity contribution is 0.0945. The van der Waals surface area contributed by atoms with E-state index in [1.165, 1.54) is 0 Å². The molecule has 4 nitrogen and oxygen atoms in total. The number of nitrogens with one attached hydrogen (secondary N) is 2. The molecule has 5 heteroatoms. The van der Waals surface area contributed by atoms with Gasteiger partial charge in [-0.1, -0.05) is 23.7 Å². The van der Waals surface area contributed by atoms with Crippen LogP contribution in [0.15, 0.2) is 24.3 Å². The number of H-pyrrole nitrogens is 1. The molecule has 0 aliphatic heterocycles. The molecule has 1 amide bonds. The van der Waals surface area contributed by atoms with Crippen molar-refractivity contribution in [2.24, 2.45) is 0 Å². The number of carbonyl (C=O) groups is 1. The van der Waals surface area contributed by atoms with Gasteiger partial charge in [-0.05, 0) is 31.5 Å². The lowest BCUT2D eigenvalue weighted by Gasteiger charge is -2.04. The van der Waals surface area contributed by atoms with Crippen LogP contribution in [0.5, 0.6) is 0 Å². The molecule has 0 radical (unpaired) electrons. The molecule has 0 atom stereocenters. The SMILES string of the molecule is Cc1[nH]nc(C(=O)NCc2ccc(Cl)cc2)c1C. The number of halogens is 1. The van der Waals surface area contributed by atoms with Crippen molar-refractivity contribution in [2.45, 2.75) is 20.4 Å². The summed E-state index contributed by atoms with van der Waals surface area (Å²) < 4.78 is 0. The Morgan fingerprint density at radius 1 is 1.33 bits per heavy atom. The number of aryl methyl sites for hydroxylation is 1. The third-order valence-corrected chi connectivity index (χ3v) is 3.09. The molecular formula is C13H14ClN3O. The number of carbonyl (C=O) groups excluding carboxylic acids is 1. The molecule has 0 saturated heterocycles. The number of benzene rings is 1. The van der Waals surface area contributed by atoms with Crippen molar-refractivity contribution in [3.63, 3.8) is 0 Å². The summed E-state index contributed by atoms with van der Waals surface area (Å²) >= 11 is 5.79. The van der Waals surface area contributed by atoms with Crippen LogP contribution in [-0.2, 0) is 6.54 Å². The normalized spacial score (nSPS) is 10.4. The Morgan fingerprint density at radius 3 is 2.56 bits per heavy atom. The van der Waals surface area contributed by atoms with Crippen molar-refractivity contribution in [1.29, 1.82) is 0 Å². The molecule has 0 bridgehead atoms. The summed E-state index contributed by atoms with van der Waals surface area (Å²) in [7, 11) is 0. The number of aromatic amines is 1. The molecule has 2 aromatic rings. The molecule has 0 unspecified atom stereocenters. The Bertz CT molecular complexity index is 560. The molecule has 0 spiro atoms. The second kappa shape index (κ2) is 5.23. The van der Waals surface area contributed by atoms with Crippen molar-refractivity contribution in [1.82, 2.24) is 15.5 Å². The summed E-state index contributed by atoms with van der Waals surface area (Å²) in [5.74, 6) is -0.174. The summed E-state index contributed by atoms with van der Waals surface area (Å²) in [5.41, 5.74) is 3.23. The number of hydrogen-bond donors (Lipinski definition) is 2. The van der Waals surface area contributed by atoms with E-state index in [-0.39, 0.29) is 5.91 Å². The number of hydrogen-bond acceptors (Lipinski definition) is 2. The topological polar surface area (TPSA) is 57.8 Å². The van der Waals surface area contributed by atoms with Gasteiger partial charge in [0, 0.05) is 22.8 Å². The highest BCUT2D eigenvalue weighted by Crippen LogP contribution is 2.10. The molecule has 94 valence electrons. The Hall–Kier alpha value is -1.81. The van der Waals surface area contributed by atoms with E-state index in [0.717, 1.165) is 16.8 Å². The molecule has 2 N–H and O–H groups in total. The number of rotatable bonds is 3. The van der Waals surface area contributed by atoms with E-state index in [9.17, 15) is 4.79 Å². The third kappa shape index (κ3) is 2.71. The third-order valence-electron chi connectivity index (χ3n) is 2.83. The second-order valence-corrected chi connectivity index (χ2v) is 4.57. The molecule has 1 aromatic carbocycles. The maximum absolute atomic E-state index is 11.9. The molecular weight excluding hydrogens is 250 g/mol. The summed E-state index contributed by atoms with van der Waals surface area (Å²) in [4.78, 5) is 11.9. The first-order valence-electron chi connectivity index (χ1n) is 5.62. The largest absolute Gasteiger partial charge is 0.347 e. The molecule has 1 aromatic heterocycles. The Balaban J connectivity index is 2.00. The fourth-order valence-electron chi connectivity index (χ4n) is 1.57. The molecule has 2 rings (SSSR count). The summed E-state index contributed by atoms with van der Waals surface area (Å²) in [5, 5.41) is 10.3. The lowest BCUT2D eigenvalue weighted by Crippen LogP contribution is -2.23. The smallest absolute Gasteiger partial charge is 0.272 e. The van der Waals surface area contributed by atoms with Gasteiger partial charge < -0.3 is 5.32 Å². The predicted molar refractivity (Wildman–Crippen MR) is 70.7 cm³/mol. The molecule has 0 fully saturated rings. The van der Waals surface area contributed by atoms with Gasteiger partial charge in [-0.3, -0.25) is 9.89 Å². The lowest BCUT2D eigenvalue weighted by atomic mass is 10.2. The second-order valence-electron chi connectivity index (χ2n) is 4.13.